The van der Waals surface area contributed by atoms with E-state index in [0.29, 0.717) is 12.2 Å². The summed E-state index contributed by atoms with van der Waals surface area (Å²) in [6.07, 6.45) is 0.812. The minimum Gasteiger partial charge on any atom is -0.338 e. The van der Waals surface area contributed by atoms with Crippen LogP contribution in [0.25, 0.3) is 0 Å². The summed E-state index contributed by atoms with van der Waals surface area (Å²) < 4.78 is 26.8. The van der Waals surface area contributed by atoms with Crippen LogP contribution in [0.1, 0.15) is 38.8 Å². The molecule has 0 atom stereocenters. The Morgan fingerprint density at radius 3 is 2.52 bits per heavy atom. The van der Waals surface area contributed by atoms with E-state index in [4.69, 9.17) is 0 Å². The second-order valence-electron chi connectivity index (χ2n) is 6.93. The Labute approximate surface area is 139 Å². The largest absolute Gasteiger partial charge is 0.338 e. The zero-order valence-electron chi connectivity index (χ0n) is 14.3. The van der Waals surface area contributed by atoms with Crippen molar-refractivity contribution in [2.75, 3.05) is 17.0 Å². The first kappa shape index (κ1) is 17.8. The maximum absolute atomic E-state index is 12.2. The fourth-order valence-electron chi connectivity index (χ4n) is 2.83. The summed E-state index contributed by atoms with van der Waals surface area (Å²) >= 11 is 0. The van der Waals surface area contributed by atoms with Crippen LogP contribution in [0.15, 0.2) is 18.2 Å². The fraction of sp³-hybridized carbons (Fsp3) is 0.588. The molecule has 1 amide bonds. The maximum Gasteiger partial charge on any atom is 0.232 e. The number of benzene rings is 1. The van der Waals surface area contributed by atoms with Gasteiger partial charge in [-0.25, -0.2) is 8.42 Å². The predicted octanol–water partition coefficient (Wildman–Crippen LogP) is 2.63. The molecule has 0 aromatic heterocycles. The number of nitrogens with one attached hydrogen (secondary N) is 1. The minimum absolute atomic E-state index is 0.0238. The normalized spacial score (nSPS) is 15.0. The lowest BCUT2D eigenvalue weighted by atomic mass is 9.98. The van der Waals surface area contributed by atoms with Crippen LogP contribution in [0.2, 0.25) is 0 Å². The number of sulfonamides is 1. The van der Waals surface area contributed by atoms with Crippen LogP contribution in [0, 0.1) is 11.8 Å². The van der Waals surface area contributed by atoms with Crippen LogP contribution in [0.5, 0.6) is 0 Å². The highest BCUT2D eigenvalue weighted by atomic mass is 32.2. The van der Waals surface area contributed by atoms with Gasteiger partial charge in [-0.15, -0.1) is 0 Å². The molecule has 1 aromatic carbocycles. The van der Waals surface area contributed by atoms with Crippen molar-refractivity contribution < 1.29 is 13.2 Å². The molecule has 0 spiro atoms. The van der Waals surface area contributed by atoms with Gasteiger partial charge >= 0.3 is 0 Å². The van der Waals surface area contributed by atoms with Gasteiger partial charge in [0.25, 0.3) is 0 Å². The molecule has 0 fully saturated rings. The van der Waals surface area contributed by atoms with E-state index in [-0.39, 0.29) is 23.5 Å². The molecular weight excluding hydrogens is 312 g/mol. The average Bonchev–Trinajstić information content (AvgIpc) is 2.43. The van der Waals surface area contributed by atoms with Gasteiger partial charge in [-0.2, -0.15) is 0 Å². The lowest BCUT2D eigenvalue weighted by Gasteiger charge is -2.30. The molecule has 23 heavy (non-hydrogen) atoms. The van der Waals surface area contributed by atoms with Gasteiger partial charge in [0.05, 0.1) is 5.75 Å². The fourth-order valence-corrected chi connectivity index (χ4v) is 4.28. The number of carbonyl (C=O) groups excluding carboxylic acids is 1. The Bertz CT molecular complexity index is 681. The first-order valence-electron chi connectivity index (χ1n) is 8.09. The highest BCUT2D eigenvalue weighted by Gasteiger charge is 2.23. The van der Waals surface area contributed by atoms with Gasteiger partial charge < -0.3 is 4.90 Å². The summed E-state index contributed by atoms with van der Waals surface area (Å²) in [7, 11) is -3.33. The topological polar surface area (TPSA) is 66.5 Å². The standard InChI is InChI=1S/C17H26N2O3S/c1-12(2)11-23(21,22)18-16-6-5-14-7-8-19(10-15(14)9-16)17(20)13(3)4/h5-6,9,12-13,18H,7-8,10-11H2,1-4H3. The number of amides is 1. The van der Waals surface area contributed by atoms with Crippen molar-refractivity contribution in [2.24, 2.45) is 11.8 Å². The summed E-state index contributed by atoms with van der Waals surface area (Å²) in [6.45, 7) is 8.82. The van der Waals surface area contributed by atoms with Crippen LogP contribution in [0.3, 0.4) is 0 Å². The molecule has 1 aromatic rings. The maximum atomic E-state index is 12.2. The van der Waals surface area contributed by atoms with Crippen LogP contribution < -0.4 is 4.72 Å². The van der Waals surface area contributed by atoms with Gasteiger partial charge in [0.2, 0.25) is 15.9 Å². The van der Waals surface area contributed by atoms with Gasteiger partial charge in [-0.1, -0.05) is 33.8 Å². The van der Waals surface area contributed by atoms with Crippen molar-refractivity contribution in [3.05, 3.63) is 29.3 Å². The molecule has 0 saturated heterocycles. The Morgan fingerprint density at radius 2 is 1.91 bits per heavy atom. The molecule has 5 nitrogen and oxygen atoms in total. The number of hydrogen-bond acceptors (Lipinski definition) is 3. The van der Waals surface area contributed by atoms with Crippen molar-refractivity contribution in [1.82, 2.24) is 4.90 Å². The van der Waals surface area contributed by atoms with E-state index in [2.05, 4.69) is 4.72 Å². The highest BCUT2D eigenvalue weighted by molar-refractivity contribution is 7.92. The molecule has 0 unspecified atom stereocenters. The average molecular weight is 338 g/mol. The number of fused-ring (bicyclic) bond motifs is 1. The van der Waals surface area contributed by atoms with E-state index in [0.717, 1.165) is 18.5 Å². The van der Waals surface area contributed by atoms with Crippen molar-refractivity contribution in [1.29, 1.82) is 0 Å². The van der Waals surface area contributed by atoms with E-state index < -0.39 is 10.0 Å². The number of anilines is 1. The Hall–Kier alpha value is -1.56. The molecule has 1 aliphatic heterocycles. The molecule has 1 heterocycles. The second kappa shape index (κ2) is 6.91. The molecule has 1 N–H and O–H groups in total. The molecule has 0 bridgehead atoms. The third-order valence-corrected chi connectivity index (χ3v) is 5.50. The molecule has 0 saturated carbocycles. The zero-order chi connectivity index (χ0) is 17.2. The lowest BCUT2D eigenvalue weighted by molar-refractivity contribution is -0.135. The van der Waals surface area contributed by atoms with Gasteiger partial charge in [-0.3, -0.25) is 9.52 Å². The summed E-state index contributed by atoms with van der Waals surface area (Å²) in [6, 6.07) is 5.61. The highest BCUT2D eigenvalue weighted by Crippen LogP contribution is 2.24. The first-order chi connectivity index (χ1) is 10.7. The quantitative estimate of drug-likeness (QED) is 0.897. The number of nitrogens with zero attached hydrogens (tertiary/aromatic N) is 1. The molecule has 0 radical (unpaired) electrons. The zero-order valence-corrected chi connectivity index (χ0v) is 15.1. The van der Waals surface area contributed by atoms with E-state index in [1.807, 2.05) is 44.7 Å². The SMILES string of the molecule is CC(C)CS(=O)(=O)Nc1ccc2c(c1)CN(C(=O)C(C)C)CC2. The van der Waals surface area contributed by atoms with Gasteiger partial charge in [0.15, 0.2) is 0 Å². The first-order valence-corrected chi connectivity index (χ1v) is 9.74. The van der Waals surface area contributed by atoms with Crippen LogP contribution in [-0.2, 0) is 27.8 Å². The molecule has 6 heteroatoms. The van der Waals surface area contributed by atoms with Crippen molar-refractivity contribution in [2.45, 2.75) is 40.7 Å². The summed E-state index contributed by atoms with van der Waals surface area (Å²) in [5.41, 5.74) is 2.78. The Balaban J connectivity index is 2.16. The second-order valence-corrected chi connectivity index (χ2v) is 8.69. The summed E-state index contributed by atoms with van der Waals surface area (Å²) in [4.78, 5) is 14.0. The van der Waals surface area contributed by atoms with E-state index >= 15 is 0 Å². The molecule has 2 rings (SSSR count). The van der Waals surface area contributed by atoms with Crippen LogP contribution >= 0.6 is 0 Å². The third kappa shape index (κ3) is 4.70. The van der Waals surface area contributed by atoms with Crippen molar-refractivity contribution in [3.63, 3.8) is 0 Å². The van der Waals surface area contributed by atoms with Crippen molar-refractivity contribution in [3.8, 4) is 0 Å². The molecular formula is C17H26N2O3S. The van der Waals surface area contributed by atoms with Crippen molar-refractivity contribution >= 4 is 21.6 Å². The smallest absolute Gasteiger partial charge is 0.232 e. The van der Waals surface area contributed by atoms with Gasteiger partial charge in [0, 0.05) is 24.7 Å². The van der Waals surface area contributed by atoms with Gasteiger partial charge in [-0.05, 0) is 35.6 Å². The van der Waals surface area contributed by atoms with E-state index in [9.17, 15) is 13.2 Å². The van der Waals surface area contributed by atoms with Crippen LogP contribution in [0.4, 0.5) is 5.69 Å². The van der Waals surface area contributed by atoms with Gasteiger partial charge in [0.1, 0.15) is 0 Å². The molecule has 0 aliphatic carbocycles. The summed E-state index contributed by atoms with van der Waals surface area (Å²) in [5.74, 6) is 0.289. The van der Waals surface area contributed by atoms with E-state index in [1.165, 1.54) is 5.56 Å². The number of carbonyl (C=O) groups is 1. The minimum atomic E-state index is -3.33. The lowest BCUT2D eigenvalue weighted by Crippen LogP contribution is -2.38. The predicted molar refractivity (Wildman–Crippen MR) is 92.6 cm³/mol. The summed E-state index contributed by atoms with van der Waals surface area (Å²) in [5, 5.41) is 0. The monoisotopic (exact) mass is 338 g/mol. The molecule has 1 aliphatic rings. The Morgan fingerprint density at radius 1 is 1.22 bits per heavy atom. The Kier molecular flexibility index (Phi) is 5.34. The van der Waals surface area contributed by atoms with Crippen LogP contribution in [-0.4, -0.2) is 31.5 Å². The number of rotatable bonds is 5. The van der Waals surface area contributed by atoms with E-state index in [1.54, 1.807) is 6.07 Å². The third-order valence-electron chi connectivity index (χ3n) is 3.85. The molecule has 128 valence electrons. The number of hydrogen-bond donors (Lipinski definition) is 1.